The third-order valence-electron chi connectivity index (χ3n) is 12.2. The molecule has 0 bridgehead atoms. The fraction of sp³-hybridized carbons (Fsp3) is 0.578. The van der Waals surface area contributed by atoms with Crippen molar-refractivity contribution in [2.24, 2.45) is 0 Å². The van der Waals surface area contributed by atoms with Crippen LogP contribution in [0.1, 0.15) is 89.5 Å². The van der Waals surface area contributed by atoms with E-state index in [9.17, 15) is 19.5 Å². The molecule has 1 spiro atoms. The van der Waals surface area contributed by atoms with Crippen LogP contribution in [-0.4, -0.2) is 121 Å². The number of nitrogens with one attached hydrogen (secondary N) is 2. The summed E-state index contributed by atoms with van der Waals surface area (Å²) in [5, 5.41) is 16.3. The van der Waals surface area contributed by atoms with Crippen LogP contribution >= 0.6 is 11.3 Å². The Labute approximate surface area is 347 Å². The zero-order valence-corrected chi connectivity index (χ0v) is 34.9. The number of anilines is 1. The van der Waals surface area contributed by atoms with Crippen molar-refractivity contribution in [3.05, 3.63) is 75.0 Å². The monoisotopic (exact) mass is 815 g/mol. The topological polar surface area (TPSA) is 133 Å². The number of carbonyl (C=O) groups is 3. The molecular formula is C45H61N5O7S. The molecule has 4 heterocycles. The molecule has 3 aliphatic heterocycles. The molecule has 1 aromatic heterocycles. The highest BCUT2D eigenvalue weighted by atomic mass is 32.1. The number of thiophene rings is 1. The van der Waals surface area contributed by atoms with Crippen molar-refractivity contribution >= 4 is 34.7 Å². The number of ether oxygens (including phenoxy) is 3. The highest BCUT2D eigenvalue weighted by Gasteiger charge is 2.41. The first-order valence-corrected chi connectivity index (χ1v) is 22.3. The minimum Gasteiger partial charge on any atom is -0.506 e. The summed E-state index contributed by atoms with van der Waals surface area (Å²) in [4.78, 5) is 47.2. The van der Waals surface area contributed by atoms with E-state index in [0.29, 0.717) is 76.8 Å². The SMILES string of the molecule is CCc1ccc(C(=O)N2CCOC3(CCN(Cc4cccc(CCOCCC(=O)N(CCNCCc5ccc(O)c6c5OCC(=O)N6)C5CCCCC5)c4)CC3)C2)s1. The summed E-state index contributed by atoms with van der Waals surface area (Å²) >= 11 is 1.61. The zero-order chi connectivity index (χ0) is 40.3. The van der Waals surface area contributed by atoms with Gasteiger partial charge in [0.25, 0.3) is 11.8 Å². The summed E-state index contributed by atoms with van der Waals surface area (Å²) in [6.07, 6.45) is 10.3. The molecule has 3 aromatic rings. The Morgan fingerprint density at radius 1 is 1.02 bits per heavy atom. The minimum absolute atomic E-state index is 0.00294. The molecule has 2 saturated heterocycles. The number of amides is 3. The molecule has 4 aliphatic rings. The molecule has 0 atom stereocenters. The first-order chi connectivity index (χ1) is 28.3. The van der Waals surface area contributed by atoms with Gasteiger partial charge in [-0.1, -0.05) is 56.5 Å². The predicted octanol–water partition coefficient (Wildman–Crippen LogP) is 5.80. The lowest BCUT2D eigenvalue weighted by Crippen LogP contribution is -2.57. The smallest absolute Gasteiger partial charge is 0.264 e. The number of rotatable bonds is 17. The van der Waals surface area contributed by atoms with Crippen LogP contribution in [0.5, 0.6) is 11.5 Å². The second kappa shape index (κ2) is 20.3. The molecule has 0 unspecified atom stereocenters. The van der Waals surface area contributed by atoms with Crippen LogP contribution < -0.4 is 15.4 Å². The first-order valence-electron chi connectivity index (χ1n) is 21.5. The Morgan fingerprint density at radius 3 is 2.66 bits per heavy atom. The lowest BCUT2D eigenvalue weighted by molar-refractivity contribution is -0.135. The van der Waals surface area contributed by atoms with Crippen LogP contribution in [0.15, 0.2) is 48.5 Å². The number of likely N-dealkylation sites (tertiary alicyclic amines) is 1. The number of hydrogen-bond donors (Lipinski definition) is 3. The molecule has 7 rings (SSSR count). The zero-order valence-electron chi connectivity index (χ0n) is 34.1. The van der Waals surface area contributed by atoms with Crippen molar-refractivity contribution in [2.75, 3.05) is 77.6 Å². The highest BCUT2D eigenvalue weighted by molar-refractivity contribution is 7.14. The number of carbonyl (C=O) groups excluding carboxylic acids is 3. The number of hydrogen-bond acceptors (Lipinski definition) is 10. The summed E-state index contributed by atoms with van der Waals surface area (Å²) in [5.41, 5.74) is 3.52. The van der Waals surface area contributed by atoms with Crippen LogP contribution in [0.3, 0.4) is 0 Å². The Balaban J connectivity index is 0.810. The number of piperidine rings is 1. The van der Waals surface area contributed by atoms with E-state index in [2.05, 4.69) is 57.7 Å². The lowest BCUT2D eigenvalue weighted by Gasteiger charge is -2.47. The standard InChI is InChI=1S/C45H61N5O7S/c1-2-37-12-14-39(58-37)44(54)49-25-28-57-45(32-49)18-22-48(23-19-45)30-34-8-6-7-33(29-34)16-26-55-27-17-41(53)50(36-9-4-3-5-10-36)24-21-46-20-15-35-11-13-38(51)42-43(35)56-31-40(52)47-42/h6-8,11-14,29,36,46,51H,2-5,9-10,15-28,30-32H2,1H3,(H,47,52). The third kappa shape index (κ3) is 11.0. The van der Waals surface area contributed by atoms with Gasteiger partial charge in [0, 0.05) is 50.2 Å². The largest absolute Gasteiger partial charge is 0.506 e. The van der Waals surface area contributed by atoms with Crippen molar-refractivity contribution in [3.63, 3.8) is 0 Å². The fourth-order valence-corrected chi connectivity index (χ4v) is 9.79. The second-order valence-corrected chi connectivity index (χ2v) is 17.4. The third-order valence-corrected chi connectivity index (χ3v) is 13.4. The summed E-state index contributed by atoms with van der Waals surface area (Å²) < 4.78 is 18.0. The van der Waals surface area contributed by atoms with Crippen LogP contribution in [0.25, 0.3) is 0 Å². The van der Waals surface area contributed by atoms with Crippen molar-refractivity contribution in [3.8, 4) is 11.5 Å². The van der Waals surface area contributed by atoms with E-state index < -0.39 is 0 Å². The lowest BCUT2D eigenvalue weighted by atomic mass is 9.89. The van der Waals surface area contributed by atoms with Crippen molar-refractivity contribution in [1.29, 1.82) is 0 Å². The van der Waals surface area contributed by atoms with Gasteiger partial charge in [-0.2, -0.15) is 0 Å². The van der Waals surface area contributed by atoms with Gasteiger partial charge >= 0.3 is 0 Å². The number of morpholine rings is 1. The van der Waals surface area contributed by atoms with Crippen molar-refractivity contribution in [1.82, 2.24) is 20.0 Å². The van der Waals surface area contributed by atoms with E-state index in [1.807, 2.05) is 17.0 Å². The highest BCUT2D eigenvalue weighted by Crippen LogP contribution is 2.39. The van der Waals surface area contributed by atoms with Crippen LogP contribution in [0.4, 0.5) is 5.69 Å². The molecule has 314 valence electrons. The van der Waals surface area contributed by atoms with Crippen LogP contribution in [-0.2, 0) is 44.9 Å². The molecule has 0 radical (unpaired) electrons. The minimum atomic E-state index is -0.279. The van der Waals surface area contributed by atoms with Gasteiger partial charge in [0.05, 0.1) is 43.3 Å². The average Bonchev–Trinajstić information content (AvgIpc) is 3.74. The fourth-order valence-electron chi connectivity index (χ4n) is 8.88. The average molecular weight is 816 g/mol. The second-order valence-electron chi connectivity index (χ2n) is 16.2. The number of phenolic OH excluding ortho intramolecular Hbond substituents is 1. The van der Waals surface area contributed by atoms with Crippen LogP contribution in [0, 0.1) is 0 Å². The Bertz CT molecular complexity index is 1850. The predicted molar refractivity (Wildman–Crippen MR) is 226 cm³/mol. The molecule has 13 heteroatoms. The molecule has 3 amide bonds. The van der Waals surface area contributed by atoms with Crippen molar-refractivity contribution in [2.45, 2.75) is 95.7 Å². The van der Waals surface area contributed by atoms with E-state index in [0.717, 1.165) is 81.4 Å². The Kier molecular flexibility index (Phi) is 14.7. The van der Waals surface area contributed by atoms with Crippen molar-refractivity contribution < 1.29 is 33.7 Å². The van der Waals surface area contributed by atoms with Gasteiger partial charge in [-0.25, -0.2) is 0 Å². The van der Waals surface area contributed by atoms with Gasteiger partial charge in [0.2, 0.25) is 5.91 Å². The number of nitrogens with zero attached hydrogens (tertiary/aromatic N) is 3. The number of fused-ring (bicyclic) bond motifs is 1. The Hall–Kier alpha value is -4.01. The number of phenols is 1. The molecule has 3 fully saturated rings. The van der Waals surface area contributed by atoms with E-state index >= 15 is 0 Å². The number of aromatic hydroxyl groups is 1. The van der Waals surface area contributed by atoms with Gasteiger partial charge in [-0.05, 0) is 86.4 Å². The summed E-state index contributed by atoms with van der Waals surface area (Å²) in [6.45, 7) is 9.73. The summed E-state index contributed by atoms with van der Waals surface area (Å²) in [6, 6.07) is 16.5. The van der Waals surface area contributed by atoms with Crippen LogP contribution in [0.2, 0.25) is 0 Å². The van der Waals surface area contributed by atoms with Gasteiger partial charge in [-0.3, -0.25) is 19.3 Å². The molecule has 1 saturated carbocycles. The van der Waals surface area contributed by atoms with Gasteiger partial charge in [0.1, 0.15) is 11.4 Å². The molecule has 1 aliphatic carbocycles. The first kappa shape index (κ1) is 42.1. The molecule has 2 aromatic carbocycles. The van der Waals surface area contributed by atoms with Gasteiger partial charge < -0.3 is 39.8 Å². The van der Waals surface area contributed by atoms with E-state index in [1.165, 1.54) is 22.4 Å². The summed E-state index contributed by atoms with van der Waals surface area (Å²) in [5.74, 6) is 0.539. The summed E-state index contributed by atoms with van der Waals surface area (Å²) in [7, 11) is 0. The quantitative estimate of drug-likeness (QED) is 0.114. The maximum atomic E-state index is 13.5. The maximum absolute atomic E-state index is 13.5. The normalized spacial score (nSPS) is 18.4. The number of benzene rings is 2. The molecular weight excluding hydrogens is 755 g/mol. The van der Waals surface area contributed by atoms with E-state index in [1.54, 1.807) is 17.4 Å². The Morgan fingerprint density at radius 2 is 1.84 bits per heavy atom. The number of aryl methyl sites for hydroxylation is 1. The molecule has 58 heavy (non-hydrogen) atoms. The van der Waals surface area contributed by atoms with E-state index in [4.69, 9.17) is 14.2 Å². The van der Waals surface area contributed by atoms with Gasteiger partial charge in [0.15, 0.2) is 12.4 Å². The maximum Gasteiger partial charge on any atom is 0.264 e. The van der Waals surface area contributed by atoms with E-state index in [-0.39, 0.29) is 41.7 Å². The van der Waals surface area contributed by atoms with Gasteiger partial charge in [-0.15, -0.1) is 11.3 Å². The molecule has 3 N–H and O–H groups in total. The molecule has 12 nitrogen and oxygen atoms in total.